The lowest BCUT2D eigenvalue weighted by molar-refractivity contribution is 0.130. The first-order chi connectivity index (χ1) is 8.89. The van der Waals surface area contributed by atoms with Gasteiger partial charge in [-0.2, -0.15) is 0 Å². The van der Waals surface area contributed by atoms with Crippen LogP contribution >= 0.6 is 0 Å². The van der Waals surface area contributed by atoms with Crippen molar-refractivity contribution in [3.63, 3.8) is 0 Å². The van der Waals surface area contributed by atoms with Crippen LogP contribution in [0.4, 0.5) is 4.79 Å². The van der Waals surface area contributed by atoms with Gasteiger partial charge in [-0.1, -0.05) is 30.3 Å². The smallest absolute Gasteiger partial charge is 0.407 e. The van der Waals surface area contributed by atoms with E-state index in [9.17, 15) is 13.2 Å². The lowest BCUT2D eigenvalue weighted by Gasteiger charge is -2.23. The number of sulfone groups is 1. The molecular weight excluding hydrogens is 266 g/mol. The third kappa shape index (κ3) is 3.96. The van der Waals surface area contributed by atoms with Crippen LogP contribution in [0.3, 0.4) is 0 Å². The van der Waals surface area contributed by atoms with E-state index in [4.69, 9.17) is 4.74 Å². The molecule has 0 spiro atoms. The lowest BCUT2D eigenvalue weighted by Crippen LogP contribution is -2.47. The minimum atomic E-state index is -3.04. The van der Waals surface area contributed by atoms with Crippen LogP contribution in [0.2, 0.25) is 0 Å². The fourth-order valence-corrected chi connectivity index (χ4v) is 4.21. The molecule has 1 aromatic carbocycles. The predicted octanol–water partition coefficient (Wildman–Crippen LogP) is 1.49. The second-order valence-electron chi connectivity index (χ2n) is 5.09. The van der Waals surface area contributed by atoms with Gasteiger partial charge >= 0.3 is 6.09 Å². The van der Waals surface area contributed by atoms with Crippen molar-refractivity contribution in [2.24, 2.45) is 0 Å². The number of ether oxygens (including phenoxy) is 1. The molecule has 1 atom stereocenters. The highest BCUT2D eigenvalue weighted by molar-refractivity contribution is 7.91. The van der Waals surface area contributed by atoms with E-state index in [2.05, 4.69) is 5.32 Å². The zero-order chi connectivity index (χ0) is 13.9. The Morgan fingerprint density at radius 1 is 1.37 bits per heavy atom. The number of hydrogen-bond donors (Lipinski definition) is 1. The minimum Gasteiger partial charge on any atom is -0.445 e. The molecule has 2 rings (SSSR count). The van der Waals surface area contributed by atoms with Crippen molar-refractivity contribution in [3.05, 3.63) is 35.9 Å². The van der Waals surface area contributed by atoms with E-state index in [1.54, 1.807) is 6.92 Å². The van der Waals surface area contributed by atoms with E-state index in [-0.39, 0.29) is 18.1 Å². The lowest BCUT2D eigenvalue weighted by atomic mass is 10.0. The first kappa shape index (κ1) is 13.9. The average molecular weight is 283 g/mol. The van der Waals surface area contributed by atoms with Crippen LogP contribution in [0.1, 0.15) is 18.9 Å². The average Bonchev–Trinajstić information content (AvgIpc) is 2.62. The summed E-state index contributed by atoms with van der Waals surface area (Å²) in [7, 11) is -3.04. The summed E-state index contributed by atoms with van der Waals surface area (Å²) in [4.78, 5) is 11.7. The van der Waals surface area contributed by atoms with Gasteiger partial charge in [-0.05, 0) is 18.9 Å². The summed E-state index contributed by atoms with van der Waals surface area (Å²) in [5, 5.41) is 2.64. The van der Waals surface area contributed by atoms with Gasteiger partial charge in [-0.3, -0.25) is 0 Å². The normalized spacial score (nSPS) is 24.9. The molecule has 5 nitrogen and oxygen atoms in total. The minimum absolute atomic E-state index is 0.0273. The van der Waals surface area contributed by atoms with Gasteiger partial charge in [0, 0.05) is 0 Å². The topological polar surface area (TPSA) is 72.5 Å². The molecule has 0 aliphatic carbocycles. The molecule has 1 fully saturated rings. The van der Waals surface area contributed by atoms with Crippen LogP contribution in [-0.2, 0) is 21.2 Å². The summed E-state index contributed by atoms with van der Waals surface area (Å²) >= 11 is 0. The molecule has 104 valence electrons. The Hall–Kier alpha value is -1.56. The fraction of sp³-hybridized carbons (Fsp3) is 0.462. The molecule has 0 bridgehead atoms. The molecule has 0 aromatic heterocycles. The maximum absolute atomic E-state index is 11.7. The molecule has 1 aliphatic heterocycles. The van der Waals surface area contributed by atoms with Gasteiger partial charge < -0.3 is 10.1 Å². The molecule has 1 aromatic rings. The number of alkyl carbamates (subject to hydrolysis) is 1. The third-order valence-electron chi connectivity index (χ3n) is 3.12. The summed E-state index contributed by atoms with van der Waals surface area (Å²) in [5.74, 6) is 0.0862. The van der Waals surface area contributed by atoms with E-state index >= 15 is 0 Å². The van der Waals surface area contributed by atoms with Crippen LogP contribution in [0.25, 0.3) is 0 Å². The zero-order valence-corrected chi connectivity index (χ0v) is 11.6. The van der Waals surface area contributed by atoms with Crippen LogP contribution in [0.5, 0.6) is 0 Å². The monoisotopic (exact) mass is 283 g/mol. The Bertz CT molecular complexity index is 555. The molecule has 1 amide bonds. The molecule has 1 unspecified atom stereocenters. The molecule has 0 radical (unpaired) electrons. The Labute approximate surface area is 112 Å². The van der Waals surface area contributed by atoms with Crippen LogP contribution in [0.15, 0.2) is 30.3 Å². The molecule has 1 N–H and O–H groups in total. The SMILES string of the molecule is CC1(NC(=O)OCc2ccccc2)CCS(=O)(=O)C1. The van der Waals surface area contributed by atoms with Crippen molar-refractivity contribution >= 4 is 15.9 Å². The predicted molar refractivity (Wildman–Crippen MR) is 71.4 cm³/mol. The summed E-state index contributed by atoms with van der Waals surface area (Å²) in [6.45, 7) is 1.90. The highest BCUT2D eigenvalue weighted by Crippen LogP contribution is 2.22. The van der Waals surface area contributed by atoms with E-state index < -0.39 is 21.5 Å². The number of carbonyl (C=O) groups is 1. The van der Waals surface area contributed by atoms with Gasteiger partial charge in [0.25, 0.3) is 0 Å². The molecule has 1 aliphatic rings. The second kappa shape index (κ2) is 5.21. The second-order valence-corrected chi connectivity index (χ2v) is 7.27. The number of carbonyl (C=O) groups excluding carboxylic acids is 1. The van der Waals surface area contributed by atoms with Crippen molar-refractivity contribution in [1.29, 1.82) is 0 Å². The van der Waals surface area contributed by atoms with Gasteiger partial charge in [-0.25, -0.2) is 13.2 Å². The highest BCUT2D eigenvalue weighted by Gasteiger charge is 2.39. The Balaban J connectivity index is 1.85. The largest absolute Gasteiger partial charge is 0.445 e. The first-order valence-electron chi connectivity index (χ1n) is 6.08. The summed E-state index contributed by atoms with van der Waals surface area (Å²) in [6, 6.07) is 9.32. The Morgan fingerprint density at radius 2 is 2.05 bits per heavy atom. The van der Waals surface area contributed by atoms with Crippen molar-refractivity contribution in [2.75, 3.05) is 11.5 Å². The van der Waals surface area contributed by atoms with Gasteiger partial charge in [0.2, 0.25) is 0 Å². The van der Waals surface area contributed by atoms with Gasteiger partial charge in [0.1, 0.15) is 6.61 Å². The molecule has 19 heavy (non-hydrogen) atoms. The summed E-state index contributed by atoms with van der Waals surface area (Å²) in [6.07, 6.45) is -0.154. The van der Waals surface area contributed by atoms with Crippen LogP contribution in [0, 0.1) is 0 Å². The van der Waals surface area contributed by atoms with E-state index in [1.165, 1.54) is 0 Å². The Kier molecular flexibility index (Phi) is 3.80. The number of hydrogen-bond acceptors (Lipinski definition) is 4. The standard InChI is InChI=1S/C13H17NO4S/c1-13(7-8-19(16,17)10-13)14-12(15)18-9-11-5-3-2-4-6-11/h2-6H,7-10H2,1H3,(H,14,15). The van der Waals surface area contributed by atoms with Crippen LogP contribution in [-0.4, -0.2) is 31.6 Å². The zero-order valence-electron chi connectivity index (χ0n) is 10.8. The maximum atomic E-state index is 11.7. The quantitative estimate of drug-likeness (QED) is 0.912. The molecule has 6 heteroatoms. The number of nitrogens with one attached hydrogen (secondary N) is 1. The van der Waals surface area contributed by atoms with Gasteiger partial charge in [0.05, 0.1) is 17.0 Å². The highest BCUT2D eigenvalue weighted by atomic mass is 32.2. The first-order valence-corrected chi connectivity index (χ1v) is 7.90. The number of amides is 1. The van der Waals surface area contributed by atoms with Crippen molar-refractivity contribution in [3.8, 4) is 0 Å². The van der Waals surface area contributed by atoms with Crippen molar-refractivity contribution in [2.45, 2.75) is 25.5 Å². The van der Waals surface area contributed by atoms with Crippen molar-refractivity contribution < 1.29 is 17.9 Å². The molecular formula is C13H17NO4S. The summed E-state index contributed by atoms with van der Waals surface area (Å²) in [5.41, 5.74) is 0.175. The summed E-state index contributed by atoms with van der Waals surface area (Å²) < 4.78 is 27.9. The fourth-order valence-electron chi connectivity index (χ4n) is 2.11. The third-order valence-corrected chi connectivity index (χ3v) is 5.02. The van der Waals surface area contributed by atoms with E-state index in [1.807, 2.05) is 30.3 Å². The number of benzene rings is 1. The van der Waals surface area contributed by atoms with Gasteiger partial charge in [-0.15, -0.1) is 0 Å². The van der Waals surface area contributed by atoms with Crippen molar-refractivity contribution in [1.82, 2.24) is 5.32 Å². The number of rotatable bonds is 3. The molecule has 0 saturated carbocycles. The van der Waals surface area contributed by atoms with E-state index in [0.717, 1.165) is 5.56 Å². The van der Waals surface area contributed by atoms with E-state index in [0.29, 0.717) is 6.42 Å². The van der Waals surface area contributed by atoms with Gasteiger partial charge in [0.15, 0.2) is 9.84 Å². The molecule has 1 saturated heterocycles. The van der Waals surface area contributed by atoms with Crippen LogP contribution < -0.4 is 5.32 Å². The molecule has 1 heterocycles. The Morgan fingerprint density at radius 3 is 2.63 bits per heavy atom. The maximum Gasteiger partial charge on any atom is 0.407 e.